The quantitative estimate of drug-likeness (QED) is 0.795. The molecule has 0 aliphatic carbocycles. The van der Waals surface area contributed by atoms with Gasteiger partial charge < -0.3 is 5.32 Å². The second-order valence-electron chi connectivity index (χ2n) is 5.06. The SMILES string of the molecule is Cc1cnccc1CNC(C)CCC(C)C. The predicted molar refractivity (Wildman–Crippen MR) is 69.3 cm³/mol. The van der Waals surface area contributed by atoms with Gasteiger partial charge in [0.15, 0.2) is 0 Å². The molecule has 0 radical (unpaired) electrons. The molecule has 0 saturated heterocycles. The van der Waals surface area contributed by atoms with Gasteiger partial charge in [0, 0.05) is 25.0 Å². The fourth-order valence-electron chi connectivity index (χ4n) is 1.67. The average Bonchev–Trinajstić information content (AvgIpc) is 2.25. The van der Waals surface area contributed by atoms with Gasteiger partial charge in [-0.05, 0) is 49.8 Å². The van der Waals surface area contributed by atoms with Crippen molar-refractivity contribution in [3.8, 4) is 0 Å². The highest BCUT2D eigenvalue weighted by molar-refractivity contribution is 5.21. The van der Waals surface area contributed by atoms with E-state index in [1.54, 1.807) is 0 Å². The Morgan fingerprint density at radius 1 is 1.25 bits per heavy atom. The van der Waals surface area contributed by atoms with Gasteiger partial charge in [0.1, 0.15) is 0 Å². The number of nitrogens with zero attached hydrogens (tertiary/aromatic N) is 1. The lowest BCUT2D eigenvalue weighted by atomic mass is 10.0. The van der Waals surface area contributed by atoms with Gasteiger partial charge in [-0.2, -0.15) is 0 Å². The molecule has 1 unspecified atom stereocenters. The van der Waals surface area contributed by atoms with Crippen molar-refractivity contribution in [1.82, 2.24) is 10.3 Å². The minimum Gasteiger partial charge on any atom is -0.310 e. The minimum atomic E-state index is 0.593. The molecule has 0 fully saturated rings. The minimum absolute atomic E-state index is 0.593. The lowest BCUT2D eigenvalue weighted by molar-refractivity contribution is 0.450. The monoisotopic (exact) mass is 220 g/mol. The molecule has 0 aromatic carbocycles. The van der Waals surface area contributed by atoms with Crippen molar-refractivity contribution in [1.29, 1.82) is 0 Å². The summed E-state index contributed by atoms with van der Waals surface area (Å²) in [7, 11) is 0. The van der Waals surface area contributed by atoms with Gasteiger partial charge in [0.05, 0.1) is 0 Å². The Bertz CT molecular complexity index is 307. The highest BCUT2D eigenvalue weighted by atomic mass is 14.9. The molecule has 1 rings (SSSR count). The van der Waals surface area contributed by atoms with Crippen LogP contribution in [0.25, 0.3) is 0 Å². The normalized spacial score (nSPS) is 13.1. The first-order valence-electron chi connectivity index (χ1n) is 6.22. The fraction of sp³-hybridized carbons (Fsp3) is 0.643. The Hall–Kier alpha value is -0.890. The molecule has 90 valence electrons. The third-order valence-corrected chi connectivity index (χ3v) is 2.95. The number of pyridine rings is 1. The van der Waals surface area contributed by atoms with E-state index in [0.29, 0.717) is 6.04 Å². The second-order valence-corrected chi connectivity index (χ2v) is 5.06. The molecule has 1 aromatic heterocycles. The van der Waals surface area contributed by atoms with Crippen LogP contribution in [0, 0.1) is 12.8 Å². The Morgan fingerprint density at radius 3 is 2.62 bits per heavy atom. The lowest BCUT2D eigenvalue weighted by Crippen LogP contribution is -2.26. The summed E-state index contributed by atoms with van der Waals surface area (Å²) in [5, 5.41) is 3.57. The molecule has 16 heavy (non-hydrogen) atoms. The predicted octanol–water partition coefficient (Wildman–Crippen LogP) is 3.30. The maximum absolute atomic E-state index is 4.10. The maximum atomic E-state index is 4.10. The van der Waals surface area contributed by atoms with Crippen LogP contribution in [-0.4, -0.2) is 11.0 Å². The Labute approximate surface area is 99.5 Å². The standard InChI is InChI=1S/C14H24N2/c1-11(2)5-6-13(4)16-10-14-7-8-15-9-12(14)3/h7-9,11,13,16H,5-6,10H2,1-4H3. The van der Waals surface area contributed by atoms with E-state index in [1.165, 1.54) is 24.0 Å². The molecule has 1 atom stereocenters. The van der Waals surface area contributed by atoms with E-state index in [2.05, 4.69) is 44.1 Å². The summed E-state index contributed by atoms with van der Waals surface area (Å²) in [6.07, 6.45) is 6.34. The molecule has 1 N–H and O–H groups in total. The van der Waals surface area contributed by atoms with Crippen LogP contribution >= 0.6 is 0 Å². The zero-order valence-corrected chi connectivity index (χ0v) is 11.0. The van der Waals surface area contributed by atoms with E-state index in [0.717, 1.165) is 12.5 Å². The van der Waals surface area contributed by atoms with Gasteiger partial charge in [-0.15, -0.1) is 0 Å². The van der Waals surface area contributed by atoms with Crippen molar-refractivity contribution in [3.05, 3.63) is 29.6 Å². The molecule has 0 bridgehead atoms. The molecule has 0 aliphatic heterocycles. The van der Waals surface area contributed by atoms with Crippen molar-refractivity contribution in [2.45, 2.75) is 53.1 Å². The van der Waals surface area contributed by atoms with Crippen LogP contribution in [0.5, 0.6) is 0 Å². The van der Waals surface area contributed by atoms with Crippen LogP contribution in [0.2, 0.25) is 0 Å². The topological polar surface area (TPSA) is 24.9 Å². The summed E-state index contributed by atoms with van der Waals surface area (Å²) in [5.74, 6) is 0.798. The maximum Gasteiger partial charge on any atom is 0.0300 e. The molecule has 0 spiro atoms. The Balaban J connectivity index is 2.31. The van der Waals surface area contributed by atoms with Gasteiger partial charge in [0.25, 0.3) is 0 Å². The van der Waals surface area contributed by atoms with E-state index in [9.17, 15) is 0 Å². The Morgan fingerprint density at radius 2 is 2.00 bits per heavy atom. The van der Waals surface area contributed by atoms with Crippen LogP contribution in [0.3, 0.4) is 0 Å². The van der Waals surface area contributed by atoms with Crippen molar-refractivity contribution >= 4 is 0 Å². The number of aromatic nitrogens is 1. The van der Waals surface area contributed by atoms with Gasteiger partial charge in [-0.25, -0.2) is 0 Å². The number of aryl methyl sites for hydroxylation is 1. The summed E-state index contributed by atoms with van der Waals surface area (Å²) in [6, 6.07) is 2.69. The molecule has 1 aromatic rings. The van der Waals surface area contributed by atoms with E-state index in [-0.39, 0.29) is 0 Å². The first-order valence-corrected chi connectivity index (χ1v) is 6.22. The second kappa shape index (κ2) is 6.64. The third kappa shape index (κ3) is 4.75. The van der Waals surface area contributed by atoms with Crippen LogP contribution < -0.4 is 5.32 Å². The molecular weight excluding hydrogens is 196 g/mol. The fourth-order valence-corrected chi connectivity index (χ4v) is 1.67. The van der Waals surface area contributed by atoms with Crippen molar-refractivity contribution < 1.29 is 0 Å². The number of hydrogen-bond donors (Lipinski definition) is 1. The van der Waals surface area contributed by atoms with Crippen LogP contribution in [0.1, 0.15) is 44.7 Å². The number of nitrogens with one attached hydrogen (secondary N) is 1. The van der Waals surface area contributed by atoms with E-state index in [1.807, 2.05) is 12.4 Å². The van der Waals surface area contributed by atoms with Crippen molar-refractivity contribution in [2.75, 3.05) is 0 Å². The summed E-state index contributed by atoms with van der Waals surface area (Å²) >= 11 is 0. The highest BCUT2D eigenvalue weighted by Gasteiger charge is 2.04. The molecule has 2 nitrogen and oxygen atoms in total. The average molecular weight is 220 g/mol. The lowest BCUT2D eigenvalue weighted by Gasteiger charge is -2.15. The zero-order chi connectivity index (χ0) is 12.0. The van der Waals surface area contributed by atoms with Crippen molar-refractivity contribution in [3.63, 3.8) is 0 Å². The van der Waals surface area contributed by atoms with Gasteiger partial charge in [-0.3, -0.25) is 4.98 Å². The van der Waals surface area contributed by atoms with E-state index < -0.39 is 0 Å². The molecule has 0 saturated carbocycles. The Kier molecular flexibility index (Phi) is 5.47. The van der Waals surface area contributed by atoms with Crippen LogP contribution in [0.4, 0.5) is 0 Å². The first kappa shape index (κ1) is 13.2. The summed E-state index contributed by atoms with van der Waals surface area (Å²) in [5.41, 5.74) is 2.62. The van der Waals surface area contributed by atoms with Crippen LogP contribution in [-0.2, 0) is 6.54 Å². The van der Waals surface area contributed by atoms with Gasteiger partial charge >= 0.3 is 0 Å². The number of rotatable bonds is 6. The van der Waals surface area contributed by atoms with E-state index >= 15 is 0 Å². The molecule has 2 heteroatoms. The largest absolute Gasteiger partial charge is 0.310 e. The molecule has 0 amide bonds. The van der Waals surface area contributed by atoms with Crippen LogP contribution in [0.15, 0.2) is 18.5 Å². The van der Waals surface area contributed by atoms with Crippen molar-refractivity contribution in [2.24, 2.45) is 5.92 Å². The van der Waals surface area contributed by atoms with E-state index in [4.69, 9.17) is 0 Å². The highest BCUT2D eigenvalue weighted by Crippen LogP contribution is 2.08. The first-order chi connectivity index (χ1) is 7.59. The summed E-state index contributed by atoms with van der Waals surface area (Å²) in [6.45, 7) is 9.88. The van der Waals surface area contributed by atoms with Gasteiger partial charge in [-0.1, -0.05) is 13.8 Å². The molecule has 0 aliphatic rings. The molecular formula is C14H24N2. The third-order valence-electron chi connectivity index (χ3n) is 2.95. The van der Waals surface area contributed by atoms with Gasteiger partial charge in [0.2, 0.25) is 0 Å². The summed E-state index contributed by atoms with van der Waals surface area (Å²) in [4.78, 5) is 4.10. The molecule has 1 heterocycles. The zero-order valence-electron chi connectivity index (χ0n) is 11.0. The number of hydrogen-bond acceptors (Lipinski definition) is 2. The smallest absolute Gasteiger partial charge is 0.0300 e. The summed E-state index contributed by atoms with van der Waals surface area (Å²) < 4.78 is 0.